The molecule has 4 nitrogen and oxygen atoms in total. The molecular weight excluding hydrogens is 442 g/mol. The van der Waals surface area contributed by atoms with Crippen LogP contribution in [-0.4, -0.2) is 14.1 Å². The number of rotatable bonds is 4. The summed E-state index contributed by atoms with van der Waals surface area (Å²) in [6.07, 6.45) is 7.94. The largest absolute Gasteiger partial charge is 0.456 e. The number of fused-ring (bicyclic) bond motifs is 7. The zero-order chi connectivity index (χ0) is 24.2. The van der Waals surface area contributed by atoms with Crippen molar-refractivity contribution in [2.75, 3.05) is 0 Å². The number of benzene rings is 4. The van der Waals surface area contributed by atoms with Crippen molar-refractivity contribution in [2.45, 2.75) is 6.92 Å². The van der Waals surface area contributed by atoms with Crippen LogP contribution < -0.4 is 0 Å². The van der Waals surface area contributed by atoms with Gasteiger partial charge in [-0.2, -0.15) is 0 Å². The maximum atomic E-state index is 6.19. The minimum atomic E-state index is 0.834. The molecule has 0 spiro atoms. The fourth-order valence-corrected chi connectivity index (χ4v) is 5.29. The number of imidazole rings is 1. The molecule has 0 saturated heterocycles. The van der Waals surface area contributed by atoms with Crippen LogP contribution in [0.25, 0.3) is 66.4 Å². The molecule has 172 valence electrons. The molecule has 0 aliphatic carbocycles. The molecule has 7 aromatic rings. The highest BCUT2D eigenvalue weighted by Crippen LogP contribution is 2.37. The molecule has 0 aliphatic heterocycles. The van der Waals surface area contributed by atoms with Gasteiger partial charge in [0.05, 0.1) is 22.1 Å². The number of aromatic nitrogens is 3. The van der Waals surface area contributed by atoms with Gasteiger partial charge in [-0.15, -0.1) is 0 Å². The van der Waals surface area contributed by atoms with E-state index in [1.54, 1.807) is 6.08 Å². The average molecular weight is 466 g/mol. The van der Waals surface area contributed by atoms with Crippen molar-refractivity contribution in [3.05, 3.63) is 116 Å². The van der Waals surface area contributed by atoms with Crippen molar-refractivity contribution in [2.24, 2.45) is 0 Å². The summed E-state index contributed by atoms with van der Waals surface area (Å²) in [4.78, 5) is 5.22. The molecule has 0 bridgehead atoms. The van der Waals surface area contributed by atoms with Crippen LogP contribution in [0.3, 0.4) is 0 Å². The molecule has 0 fully saturated rings. The zero-order valence-corrected chi connectivity index (χ0v) is 19.8. The number of nitrogens with zero attached hydrogens (tertiary/aromatic N) is 3. The van der Waals surface area contributed by atoms with Crippen LogP contribution >= 0.6 is 0 Å². The Morgan fingerprint density at radius 1 is 0.778 bits per heavy atom. The first-order valence-electron chi connectivity index (χ1n) is 12.1. The monoisotopic (exact) mass is 465 g/mol. The van der Waals surface area contributed by atoms with Gasteiger partial charge in [0, 0.05) is 33.3 Å². The van der Waals surface area contributed by atoms with E-state index in [1.807, 2.05) is 24.3 Å². The second-order valence-corrected chi connectivity index (χ2v) is 8.86. The third-order valence-corrected chi connectivity index (χ3v) is 6.87. The summed E-state index contributed by atoms with van der Waals surface area (Å²) in [5.74, 6) is 0.834. The van der Waals surface area contributed by atoms with Gasteiger partial charge >= 0.3 is 0 Å². The molecule has 4 heteroatoms. The van der Waals surface area contributed by atoms with Crippen LogP contribution in [-0.2, 0) is 0 Å². The minimum absolute atomic E-state index is 0.834. The van der Waals surface area contributed by atoms with Gasteiger partial charge in [0.15, 0.2) is 0 Å². The number of furan rings is 1. The van der Waals surface area contributed by atoms with Gasteiger partial charge in [-0.3, -0.25) is 9.13 Å². The Kier molecular flexibility index (Phi) is 4.48. The summed E-state index contributed by atoms with van der Waals surface area (Å²) >= 11 is 0. The molecule has 0 saturated carbocycles. The van der Waals surface area contributed by atoms with Crippen molar-refractivity contribution in [3.63, 3.8) is 0 Å². The number of allylic oxidation sites excluding steroid dienone is 5. The molecule has 0 amide bonds. The quantitative estimate of drug-likeness (QED) is 0.244. The minimum Gasteiger partial charge on any atom is -0.456 e. The van der Waals surface area contributed by atoms with Crippen LogP contribution in [0.4, 0.5) is 0 Å². The molecule has 7 rings (SSSR count). The van der Waals surface area contributed by atoms with E-state index in [2.05, 4.69) is 102 Å². The Morgan fingerprint density at radius 2 is 1.44 bits per heavy atom. The van der Waals surface area contributed by atoms with Gasteiger partial charge in [0.1, 0.15) is 11.2 Å². The predicted molar refractivity (Wildman–Crippen MR) is 151 cm³/mol. The van der Waals surface area contributed by atoms with Crippen molar-refractivity contribution >= 4 is 60.5 Å². The van der Waals surface area contributed by atoms with Crippen LogP contribution in [0.15, 0.2) is 120 Å². The third kappa shape index (κ3) is 2.85. The molecule has 3 aromatic heterocycles. The predicted octanol–water partition coefficient (Wildman–Crippen LogP) is 8.64. The van der Waals surface area contributed by atoms with E-state index < -0.39 is 0 Å². The fourth-order valence-electron chi connectivity index (χ4n) is 5.29. The third-order valence-electron chi connectivity index (χ3n) is 6.87. The van der Waals surface area contributed by atoms with Gasteiger partial charge in [-0.05, 0) is 37.3 Å². The summed E-state index contributed by atoms with van der Waals surface area (Å²) in [5.41, 5.74) is 6.87. The molecule has 4 aromatic carbocycles. The summed E-state index contributed by atoms with van der Waals surface area (Å²) in [6.45, 7) is 5.93. The fraction of sp³-hybridized carbons (Fsp3) is 0.0312. The number of hydrogen-bond acceptors (Lipinski definition) is 2. The normalized spacial score (nSPS) is 12.8. The summed E-state index contributed by atoms with van der Waals surface area (Å²) in [5, 5.41) is 4.59. The van der Waals surface area contributed by atoms with Gasteiger partial charge in [0.2, 0.25) is 5.95 Å². The zero-order valence-electron chi connectivity index (χ0n) is 19.8. The van der Waals surface area contributed by atoms with E-state index in [0.29, 0.717) is 0 Å². The molecule has 36 heavy (non-hydrogen) atoms. The Labute approximate surface area is 207 Å². The van der Waals surface area contributed by atoms with E-state index in [9.17, 15) is 0 Å². The first kappa shape index (κ1) is 20.5. The average Bonchev–Trinajstić information content (AvgIpc) is 3.57. The lowest BCUT2D eigenvalue weighted by Gasteiger charge is -2.13. The molecule has 0 unspecified atom stereocenters. The Balaban J connectivity index is 1.65. The highest BCUT2D eigenvalue weighted by molar-refractivity contribution is 6.11. The molecule has 0 N–H and O–H groups in total. The second kappa shape index (κ2) is 7.85. The molecule has 0 radical (unpaired) electrons. The van der Waals surface area contributed by atoms with Crippen LogP contribution in [0.5, 0.6) is 0 Å². The lowest BCUT2D eigenvalue weighted by atomic mass is 10.1. The van der Waals surface area contributed by atoms with E-state index in [1.165, 1.54) is 10.8 Å². The Hall–Kier alpha value is -4.83. The van der Waals surface area contributed by atoms with Crippen LogP contribution in [0, 0.1) is 0 Å². The van der Waals surface area contributed by atoms with E-state index in [0.717, 1.165) is 55.7 Å². The highest BCUT2D eigenvalue weighted by Gasteiger charge is 2.21. The van der Waals surface area contributed by atoms with Gasteiger partial charge in [0.25, 0.3) is 0 Å². The lowest BCUT2D eigenvalue weighted by molar-refractivity contribution is 0.669. The van der Waals surface area contributed by atoms with Gasteiger partial charge in [-0.25, -0.2) is 4.98 Å². The Bertz CT molecular complexity index is 1970. The van der Waals surface area contributed by atoms with Gasteiger partial charge < -0.3 is 4.42 Å². The summed E-state index contributed by atoms with van der Waals surface area (Å²) in [6, 6.07) is 29.4. The summed E-state index contributed by atoms with van der Waals surface area (Å²) < 4.78 is 10.7. The smallest absolute Gasteiger partial charge is 0.220 e. The SMILES string of the molecule is C=CC=CC(=CC)n1c(-n2c3ccccc3c3ccccc32)nc2cc3oc4ccccc4c3cc21. The van der Waals surface area contributed by atoms with E-state index in [4.69, 9.17) is 9.40 Å². The van der Waals surface area contributed by atoms with E-state index in [-0.39, 0.29) is 0 Å². The maximum absolute atomic E-state index is 6.19. The summed E-state index contributed by atoms with van der Waals surface area (Å²) in [7, 11) is 0. The van der Waals surface area contributed by atoms with Crippen molar-refractivity contribution in [1.82, 2.24) is 14.1 Å². The number of hydrogen-bond donors (Lipinski definition) is 0. The van der Waals surface area contributed by atoms with Crippen molar-refractivity contribution in [3.8, 4) is 5.95 Å². The molecule has 3 heterocycles. The van der Waals surface area contributed by atoms with Crippen LogP contribution in [0.1, 0.15) is 6.92 Å². The standard InChI is InChI=1S/C32H23N3O/c1-3-5-12-21(4-2)34-29-19-25-24-15-8-11-18-30(24)36-31(25)20-26(29)33-32(34)35-27-16-9-6-13-22(27)23-14-7-10-17-28(23)35/h3-20H,1H2,2H3. The van der Waals surface area contributed by atoms with Crippen LogP contribution in [0.2, 0.25) is 0 Å². The molecule has 0 aliphatic rings. The van der Waals surface area contributed by atoms with E-state index >= 15 is 0 Å². The maximum Gasteiger partial charge on any atom is 0.220 e. The first-order valence-corrected chi connectivity index (χ1v) is 12.1. The number of para-hydroxylation sites is 3. The Morgan fingerprint density at radius 3 is 2.14 bits per heavy atom. The van der Waals surface area contributed by atoms with Gasteiger partial charge in [-0.1, -0.05) is 79.4 Å². The second-order valence-electron chi connectivity index (χ2n) is 8.86. The van der Waals surface area contributed by atoms with Crippen molar-refractivity contribution < 1.29 is 4.42 Å². The highest BCUT2D eigenvalue weighted by atomic mass is 16.3. The van der Waals surface area contributed by atoms with Crippen molar-refractivity contribution in [1.29, 1.82) is 0 Å². The lowest BCUT2D eigenvalue weighted by Crippen LogP contribution is -2.05. The first-order chi connectivity index (χ1) is 17.8. The molecule has 0 atom stereocenters. The molecular formula is C32H23N3O. The topological polar surface area (TPSA) is 35.9 Å².